The van der Waals surface area contributed by atoms with Gasteiger partial charge in [-0.1, -0.05) is 0 Å². The van der Waals surface area contributed by atoms with Crippen molar-refractivity contribution in [2.75, 3.05) is 43.1 Å². The minimum Gasteiger partial charge on any atom is -0.378 e. The van der Waals surface area contributed by atoms with Gasteiger partial charge in [0.15, 0.2) is 5.65 Å². The van der Waals surface area contributed by atoms with Crippen molar-refractivity contribution >= 4 is 38.8 Å². The molecule has 28 heavy (non-hydrogen) atoms. The first-order valence-electron chi connectivity index (χ1n) is 9.49. The van der Waals surface area contributed by atoms with Gasteiger partial charge in [-0.3, -0.25) is 4.90 Å². The first kappa shape index (κ1) is 17.8. The summed E-state index contributed by atoms with van der Waals surface area (Å²) in [5.74, 6) is 0.782. The Balaban J connectivity index is 1.30. The summed E-state index contributed by atoms with van der Waals surface area (Å²) < 4.78 is 7.81. The Hall–Kier alpha value is -2.23. The number of imidazole rings is 1. The molecule has 5 rings (SSSR count). The summed E-state index contributed by atoms with van der Waals surface area (Å²) in [6, 6.07) is 7.11. The van der Waals surface area contributed by atoms with Gasteiger partial charge >= 0.3 is 0 Å². The normalized spacial score (nSPS) is 21.1. The number of halogens is 1. The van der Waals surface area contributed by atoms with E-state index in [4.69, 9.17) is 4.74 Å². The molecule has 0 bridgehead atoms. The van der Waals surface area contributed by atoms with E-state index in [2.05, 4.69) is 59.1 Å². The molecule has 0 amide bonds. The van der Waals surface area contributed by atoms with Gasteiger partial charge in [-0.15, -0.1) is 0 Å². The minimum atomic E-state index is 0.454. The van der Waals surface area contributed by atoms with Crippen molar-refractivity contribution in [2.45, 2.75) is 19.0 Å². The molecular weight excluding hydrogens is 422 g/mol. The lowest BCUT2D eigenvalue weighted by molar-refractivity contribution is -0.0691. The van der Waals surface area contributed by atoms with Gasteiger partial charge in [0.05, 0.1) is 36.8 Å². The van der Waals surface area contributed by atoms with Gasteiger partial charge < -0.3 is 15.0 Å². The fourth-order valence-corrected chi connectivity index (χ4v) is 4.28. The number of ether oxygens (including phenoxy) is 1. The zero-order valence-corrected chi connectivity index (χ0v) is 17.2. The van der Waals surface area contributed by atoms with Crippen molar-refractivity contribution in [3.05, 3.63) is 41.4 Å². The zero-order chi connectivity index (χ0) is 19.1. The average Bonchev–Trinajstić information content (AvgIpc) is 3.10. The van der Waals surface area contributed by atoms with Crippen molar-refractivity contribution in [1.29, 1.82) is 0 Å². The fourth-order valence-electron chi connectivity index (χ4n) is 3.88. The van der Waals surface area contributed by atoms with E-state index in [0.29, 0.717) is 12.1 Å². The minimum absolute atomic E-state index is 0.454. The zero-order valence-electron chi connectivity index (χ0n) is 15.6. The van der Waals surface area contributed by atoms with Crippen LogP contribution in [0.2, 0.25) is 0 Å². The molecule has 0 aliphatic carbocycles. The van der Waals surface area contributed by atoms with Crippen LogP contribution in [0.1, 0.15) is 6.92 Å². The second-order valence-electron chi connectivity index (χ2n) is 7.33. The second-order valence-corrected chi connectivity index (χ2v) is 8.14. The average molecular weight is 444 g/mol. The predicted molar refractivity (Wildman–Crippen MR) is 111 cm³/mol. The van der Waals surface area contributed by atoms with Crippen LogP contribution >= 0.6 is 15.9 Å². The molecule has 0 saturated carbocycles. The van der Waals surface area contributed by atoms with E-state index in [1.54, 1.807) is 10.7 Å². The lowest BCUT2D eigenvalue weighted by atomic mass is 10.1. The van der Waals surface area contributed by atoms with Crippen LogP contribution in [-0.2, 0) is 4.74 Å². The van der Waals surface area contributed by atoms with E-state index >= 15 is 0 Å². The van der Waals surface area contributed by atoms with E-state index in [-0.39, 0.29) is 0 Å². The Kier molecular flexibility index (Phi) is 4.65. The highest BCUT2D eigenvalue weighted by Crippen LogP contribution is 2.26. The van der Waals surface area contributed by atoms with Crippen LogP contribution in [0.3, 0.4) is 0 Å². The van der Waals surface area contributed by atoms with Crippen molar-refractivity contribution in [3.8, 4) is 0 Å². The largest absolute Gasteiger partial charge is 0.378 e. The number of hydrogen-bond donors (Lipinski definition) is 1. The van der Waals surface area contributed by atoms with E-state index in [1.807, 2.05) is 24.5 Å². The maximum Gasteiger partial charge on any atom is 0.177 e. The third-order valence-corrected chi connectivity index (χ3v) is 5.85. The number of pyridine rings is 1. The highest BCUT2D eigenvalue weighted by Gasteiger charge is 2.32. The molecule has 0 radical (unpaired) electrons. The Labute approximate surface area is 171 Å². The van der Waals surface area contributed by atoms with Crippen molar-refractivity contribution in [1.82, 2.24) is 24.5 Å². The number of hydrogen-bond acceptors (Lipinski definition) is 7. The SMILES string of the molecule is CC1CN(C2COC2)CCN1c1ccc(Nc2cc(Br)nn3ccnc23)nc1. The maximum atomic E-state index is 5.34. The van der Waals surface area contributed by atoms with Crippen LogP contribution in [0, 0.1) is 0 Å². The van der Waals surface area contributed by atoms with Crippen molar-refractivity contribution in [2.24, 2.45) is 0 Å². The second kappa shape index (κ2) is 7.31. The van der Waals surface area contributed by atoms with Crippen LogP contribution in [0.4, 0.5) is 17.2 Å². The smallest absolute Gasteiger partial charge is 0.177 e. The molecule has 1 unspecified atom stereocenters. The van der Waals surface area contributed by atoms with Gasteiger partial charge in [0, 0.05) is 44.1 Å². The molecular formula is C19H22BrN7O. The summed E-state index contributed by atoms with van der Waals surface area (Å²) in [5, 5.41) is 7.69. The van der Waals surface area contributed by atoms with Gasteiger partial charge in [0.2, 0.25) is 0 Å². The molecule has 3 aromatic rings. The highest BCUT2D eigenvalue weighted by molar-refractivity contribution is 9.10. The van der Waals surface area contributed by atoms with Gasteiger partial charge in [0.1, 0.15) is 10.4 Å². The van der Waals surface area contributed by atoms with E-state index in [9.17, 15) is 0 Å². The van der Waals surface area contributed by atoms with Crippen molar-refractivity contribution < 1.29 is 4.74 Å². The van der Waals surface area contributed by atoms with Crippen LogP contribution in [-0.4, -0.2) is 69.4 Å². The molecule has 8 nitrogen and oxygen atoms in total. The summed E-state index contributed by atoms with van der Waals surface area (Å²) in [6.45, 7) is 7.19. The summed E-state index contributed by atoms with van der Waals surface area (Å²) >= 11 is 3.44. The quantitative estimate of drug-likeness (QED) is 0.663. The Morgan fingerprint density at radius 2 is 2.11 bits per heavy atom. The third-order valence-electron chi connectivity index (χ3n) is 5.47. The van der Waals surface area contributed by atoms with Gasteiger partial charge in [-0.25, -0.2) is 14.5 Å². The summed E-state index contributed by atoms with van der Waals surface area (Å²) in [4.78, 5) is 14.0. The molecule has 1 atom stereocenters. The molecule has 5 heterocycles. The number of rotatable bonds is 4. The molecule has 0 aromatic carbocycles. The molecule has 2 saturated heterocycles. The van der Waals surface area contributed by atoms with Crippen molar-refractivity contribution in [3.63, 3.8) is 0 Å². The first-order valence-corrected chi connectivity index (χ1v) is 10.3. The van der Waals surface area contributed by atoms with Gasteiger partial charge in [-0.2, -0.15) is 5.10 Å². The standard InChI is InChI=1S/C19H22BrN7O/c1-13-10-25(15-11-28-12-15)6-7-26(13)14-2-3-18(22-9-14)23-16-8-17(20)24-27-5-4-21-19(16)27/h2-5,8-9,13,15H,6-7,10-12H2,1H3,(H,22,23). The Morgan fingerprint density at radius 3 is 2.82 bits per heavy atom. The highest BCUT2D eigenvalue weighted by atomic mass is 79.9. The van der Waals surface area contributed by atoms with E-state index in [0.717, 1.165) is 60.3 Å². The molecule has 146 valence electrons. The summed E-state index contributed by atoms with van der Waals surface area (Å²) in [7, 11) is 0. The number of nitrogens with one attached hydrogen (secondary N) is 1. The molecule has 2 fully saturated rings. The van der Waals surface area contributed by atoms with Gasteiger partial charge in [0.25, 0.3) is 0 Å². The van der Waals surface area contributed by atoms with Crippen LogP contribution in [0.5, 0.6) is 0 Å². The number of aromatic nitrogens is 4. The predicted octanol–water partition coefficient (Wildman–Crippen LogP) is 2.54. The molecule has 2 aliphatic rings. The summed E-state index contributed by atoms with van der Waals surface area (Å²) in [6.07, 6.45) is 5.49. The lowest BCUT2D eigenvalue weighted by Crippen LogP contribution is -2.59. The Bertz CT molecular complexity index is 972. The third kappa shape index (κ3) is 3.34. The molecule has 0 spiro atoms. The first-order chi connectivity index (χ1) is 13.7. The van der Waals surface area contributed by atoms with E-state index < -0.39 is 0 Å². The van der Waals surface area contributed by atoms with Crippen LogP contribution < -0.4 is 10.2 Å². The number of fused-ring (bicyclic) bond motifs is 1. The number of nitrogens with zero attached hydrogens (tertiary/aromatic N) is 6. The Morgan fingerprint density at radius 1 is 1.21 bits per heavy atom. The lowest BCUT2D eigenvalue weighted by Gasteiger charge is -2.46. The molecule has 2 aliphatic heterocycles. The molecule has 9 heteroatoms. The van der Waals surface area contributed by atoms with Crippen LogP contribution in [0.15, 0.2) is 41.4 Å². The van der Waals surface area contributed by atoms with Gasteiger partial charge in [-0.05, 0) is 35.0 Å². The number of anilines is 3. The fraction of sp³-hybridized carbons (Fsp3) is 0.421. The maximum absolute atomic E-state index is 5.34. The number of piperazine rings is 1. The molecule has 3 aromatic heterocycles. The topological polar surface area (TPSA) is 70.8 Å². The molecule has 1 N–H and O–H groups in total. The monoisotopic (exact) mass is 443 g/mol. The van der Waals surface area contributed by atoms with Crippen LogP contribution in [0.25, 0.3) is 5.65 Å². The summed E-state index contributed by atoms with van der Waals surface area (Å²) in [5.41, 5.74) is 2.78. The van der Waals surface area contributed by atoms with E-state index in [1.165, 1.54) is 0 Å².